The van der Waals surface area contributed by atoms with Crippen molar-refractivity contribution in [3.05, 3.63) is 66.4 Å². The Morgan fingerprint density at radius 2 is 1.97 bits per heavy atom. The summed E-state index contributed by atoms with van der Waals surface area (Å²) in [5.41, 5.74) is 6.09. The average molecular weight is 470 g/mol. The van der Waals surface area contributed by atoms with Gasteiger partial charge in [0.2, 0.25) is 0 Å². The van der Waals surface area contributed by atoms with Crippen molar-refractivity contribution in [2.45, 2.75) is 31.9 Å². The monoisotopic (exact) mass is 469 g/mol. The first-order valence-corrected chi connectivity index (χ1v) is 12.0. The first-order valence-electron chi connectivity index (χ1n) is 12.0. The minimum atomic E-state index is -0.215. The second-order valence-corrected chi connectivity index (χ2v) is 9.09. The molecule has 0 bridgehead atoms. The van der Waals surface area contributed by atoms with Crippen molar-refractivity contribution in [2.24, 2.45) is 0 Å². The highest BCUT2D eigenvalue weighted by molar-refractivity contribution is 6.06. The van der Waals surface area contributed by atoms with E-state index in [1.54, 1.807) is 12.4 Å². The summed E-state index contributed by atoms with van der Waals surface area (Å²) >= 11 is 0. The number of pyridine rings is 1. The van der Waals surface area contributed by atoms with Crippen LogP contribution in [-0.2, 0) is 6.54 Å². The largest absolute Gasteiger partial charge is 0.393 e. The first kappa shape index (κ1) is 21.7. The van der Waals surface area contributed by atoms with Crippen LogP contribution in [0.2, 0.25) is 0 Å². The Morgan fingerprint density at radius 3 is 2.86 bits per heavy atom. The molecular formula is C26H27N7O2. The molecule has 4 aromatic rings. The van der Waals surface area contributed by atoms with Crippen LogP contribution in [0.1, 0.15) is 35.2 Å². The van der Waals surface area contributed by atoms with E-state index in [1.165, 1.54) is 0 Å². The fourth-order valence-electron chi connectivity index (χ4n) is 5.05. The highest BCUT2D eigenvalue weighted by Gasteiger charge is 2.25. The third kappa shape index (κ3) is 4.13. The second kappa shape index (κ2) is 9.09. The zero-order valence-corrected chi connectivity index (χ0v) is 19.3. The molecule has 0 unspecified atom stereocenters. The van der Waals surface area contributed by atoms with E-state index in [9.17, 15) is 9.90 Å². The molecule has 0 aliphatic carbocycles. The number of hydrogen-bond acceptors (Lipinski definition) is 8. The number of carbonyl (C=O) groups is 1. The van der Waals surface area contributed by atoms with Crippen LogP contribution < -0.4 is 15.5 Å². The van der Waals surface area contributed by atoms with E-state index < -0.39 is 0 Å². The standard InChI is InChI=1S/C26H27N7O2/c34-18-2-1-9-32(10-7-18)17-3-6-24(29-12-17)31-21-5-4-19(20-13-28-15-23(35)26(20)21)22-14-30-25-16-27-8-11-33(22)25/h3-6,8,11-12,14,16,18,28,34H,1-2,7,9-10,13,15H2,(H,29,31)/t18-/m1/s1. The van der Waals surface area contributed by atoms with Gasteiger partial charge in [-0.25, -0.2) is 9.97 Å². The van der Waals surface area contributed by atoms with E-state index in [1.807, 2.05) is 47.3 Å². The summed E-state index contributed by atoms with van der Waals surface area (Å²) in [6.45, 7) is 2.64. The lowest BCUT2D eigenvalue weighted by Crippen LogP contribution is -2.31. The van der Waals surface area contributed by atoms with Gasteiger partial charge in [0.05, 0.1) is 48.3 Å². The van der Waals surface area contributed by atoms with Crippen LogP contribution in [0.15, 0.2) is 55.2 Å². The summed E-state index contributed by atoms with van der Waals surface area (Å²) in [7, 11) is 0. The predicted octanol–water partition coefficient (Wildman–Crippen LogP) is 3.17. The predicted molar refractivity (Wildman–Crippen MR) is 134 cm³/mol. The van der Waals surface area contributed by atoms with E-state index in [2.05, 4.69) is 30.5 Å². The molecule has 1 fully saturated rings. The van der Waals surface area contributed by atoms with Crippen LogP contribution in [0.25, 0.3) is 16.9 Å². The number of carbonyl (C=O) groups excluding carboxylic acids is 1. The van der Waals surface area contributed by atoms with Crippen LogP contribution in [0, 0.1) is 0 Å². The van der Waals surface area contributed by atoms with Gasteiger partial charge in [0.15, 0.2) is 11.4 Å². The molecule has 0 spiro atoms. The van der Waals surface area contributed by atoms with Gasteiger partial charge in [-0.05, 0) is 43.0 Å². The molecule has 0 radical (unpaired) electrons. The maximum absolute atomic E-state index is 13.0. The van der Waals surface area contributed by atoms with Crippen molar-refractivity contribution >= 4 is 28.6 Å². The SMILES string of the molecule is O=C1CNCc2c(-c3cnc4cnccn34)ccc(Nc3ccc(N4CCC[C@@H](O)CC4)cn3)c21. The molecule has 2 aliphatic heterocycles. The number of ketones is 1. The van der Waals surface area contributed by atoms with Gasteiger partial charge >= 0.3 is 0 Å². The Labute approximate surface area is 202 Å². The fourth-order valence-corrected chi connectivity index (χ4v) is 5.05. The molecule has 178 valence electrons. The lowest BCUT2D eigenvalue weighted by molar-refractivity contribution is 0.0983. The summed E-state index contributed by atoms with van der Waals surface area (Å²) < 4.78 is 1.98. The van der Waals surface area contributed by atoms with Crippen LogP contribution in [0.5, 0.6) is 0 Å². The molecule has 1 atom stereocenters. The van der Waals surface area contributed by atoms with Gasteiger partial charge in [0, 0.05) is 43.2 Å². The second-order valence-electron chi connectivity index (χ2n) is 9.09. The highest BCUT2D eigenvalue weighted by Crippen LogP contribution is 2.34. The molecule has 9 heteroatoms. The van der Waals surface area contributed by atoms with Crippen molar-refractivity contribution in [3.8, 4) is 11.3 Å². The molecule has 9 nitrogen and oxygen atoms in total. The number of Topliss-reactive ketones (excluding diaryl/α,β-unsaturated/α-hetero) is 1. The van der Waals surface area contributed by atoms with Gasteiger partial charge in [0.1, 0.15) is 5.82 Å². The average Bonchev–Trinajstić information content (AvgIpc) is 3.18. The Hall–Kier alpha value is -3.82. The minimum Gasteiger partial charge on any atom is -0.393 e. The normalized spacial score (nSPS) is 18.4. The van der Waals surface area contributed by atoms with Gasteiger partial charge in [-0.2, -0.15) is 0 Å². The van der Waals surface area contributed by atoms with E-state index in [4.69, 9.17) is 0 Å². The molecule has 3 aromatic heterocycles. The third-order valence-corrected chi connectivity index (χ3v) is 6.85. The number of benzene rings is 1. The summed E-state index contributed by atoms with van der Waals surface area (Å²) in [5.74, 6) is 0.733. The maximum Gasteiger partial charge on any atom is 0.179 e. The van der Waals surface area contributed by atoms with Crippen molar-refractivity contribution in [1.82, 2.24) is 24.7 Å². The minimum absolute atomic E-state index is 0.0471. The molecule has 1 saturated heterocycles. The molecule has 1 aromatic carbocycles. The molecule has 5 heterocycles. The number of nitrogens with one attached hydrogen (secondary N) is 2. The van der Waals surface area contributed by atoms with Crippen LogP contribution in [-0.4, -0.2) is 56.0 Å². The molecule has 0 amide bonds. The van der Waals surface area contributed by atoms with Crippen molar-refractivity contribution in [3.63, 3.8) is 0 Å². The Morgan fingerprint density at radius 1 is 1.03 bits per heavy atom. The molecular weight excluding hydrogens is 442 g/mol. The van der Waals surface area contributed by atoms with Crippen LogP contribution in [0.4, 0.5) is 17.2 Å². The first-order chi connectivity index (χ1) is 17.2. The van der Waals surface area contributed by atoms with Gasteiger partial charge < -0.3 is 20.6 Å². The van der Waals surface area contributed by atoms with Crippen LogP contribution >= 0.6 is 0 Å². The van der Waals surface area contributed by atoms with E-state index in [0.29, 0.717) is 24.5 Å². The van der Waals surface area contributed by atoms with Crippen molar-refractivity contribution < 1.29 is 9.90 Å². The lowest BCUT2D eigenvalue weighted by atomic mass is 9.92. The van der Waals surface area contributed by atoms with Gasteiger partial charge in [-0.1, -0.05) is 6.07 Å². The summed E-state index contributed by atoms with van der Waals surface area (Å²) in [6, 6.07) is 7.97. The number of hydrogen-bond donors (Lipinski definition) is 3. The number of aliphatic hydroxyl groups is 1. The van der Waals surface area contributed by atoms with E-state index >= 15 is 0 Å². The smallest absolute Gasteiger partial charge is 0.179 e. The van der Waals surface area contributed by atoms with Gasteiger partial charge in [0.25, 0.3) is 0 Å². The number of rotatable bonds is 4. The number of aromatic nitrogens is 4. The zero-order valence-electron chi connectivity index (χ0n) is 19.3. The maximum atomic E-state index is 13.0. The van der Waals surface area contributed by atoms with Gasteiger partial charge in [-0.15, -0.1) is 0 Å². The van der Waals surface area contributed by atoms with Crippen molar-refractivity contribution in [1.29, 1.82) is 0 Å². The Balaban J connectivity index is 1.31. The summed E-state index contributed by atoms with van der Waals surface area (Å²) in [4.78, 5) is 28.5. The topological polar surface area (TPSA) is 108 Å². The zero-order chi connectivity index (χ0) is 23.8. The molecule has 35 heavy (non-hydrogen) atoms. The third-order valence-electron chi connectivity index (χ3n) is 6.85. The Bertz CT molecular complexity index is 1380. The molecule has 6 rings (SSSR count). The molecule has 2 aliphatic rings. The lowest BCUT2D eigenvalue weighted by Gasteiger charge is -2.24. The number of anilines is 3. The quantitative estimate of drug-likeness (QED) is 0.418. The molecule has 3 N–H and O–H groups in total. The summed E-state index contributed by atoms with van der Waals surface area (Å²) in [6.07, 6.45) is 11.4. The fraction of sp³-hybridized carbons (Fsp3) is 0.308. The number of aliphatic hydroxyl groups excluding tert-OH is 1. The summed E-state index contributed by atoms with van der Waals surface area (Å²) in [5, 5.41) is 16.5. The molecule has 0 saturated carbocycles. The highest BCUT2D eigenvalue weighted by atomic mass is 16.3. The number of imidazole rings is 1. The number of fused-ring (bicyclic) bond motifs is 2. The number of nitrogens with zero attached hydrogens (tertiary/aromatic N) is 5. The van der Waals surface area contributed by atoms with Crippen molar-refractivity contribution in [2.75, 3.05) is 29.9 Å². The van der Waals surface area contributed by atoms with Gasteiger partial charge in [-0.3, -0.25) is 14.2 Å². The van der Waals surface area contributed by atoms with E-state index in [0.717, 1.165) is 66.2 Å². The Kier molecular flexibility index (Phi) is 5.63. The van der Waals surface area contributed by atoms with E-state index in [-0.39, 0.29) is 11.9 Å². The van der Waals surface area contributed by atoms with Crippen LogP contribution in [0.3, 0.4) is 0 Å².